The van der Waals surface area contributed by atoms with Gasteiger partial charge in [0.2, 0.25) is 0 Å². The summed E-state index contributed by atoms with van der Waals surface area (Å²) in [5.41, 5.74) is 2.94. The molecule has 2 aromatic heterocycles. The van der Waals surface area contributed by atoms with E-state index in [2.05, 4.69) is 4.98 Å². The van der Waals surface area contributed by atoms with Gasteiger partial charge < -0.3 is 14.1 Å². The summed E-state index contributed by atoms with van der Waals surface area (Å²) in [6.45, 7) is 2.66. The van der Waals surface area contributed by atoms with Crippen LogP contribution in [0.4, 0.5) is 0 Å². The number of aromatic nitrogens is 1. The maximum Gasteiger partial charge on any atom is 0.329 e. The molecule has 0 spiro atoms. The number of benzene rings is 1. The molecule has 0 N–H and O–H groups in total. The number of furan rings is 1. The van der Waals surface area contributed by atoms with Crippen molar-refractivity contribution in [3.8, 4) is 10.6 Å². The van der Waals surface area contributed by atoms with Crippen LogP contribution in [0.1, 0.15) is 34.7 Å². The molecule has 0 saturated carbocycles. The third-order valence-electron chi connectivity index (χ3n) is 4.73. The normalized spacial score (nSPS) is 16.3. The van der Waals surface area contributed by atoms with Gasteiger partial charge in [0.25, 0.3) is 5.91 Å². The Morgan fingerprint density at radius 2 is 2.11 bits per heavy atom. The summed E-state index contributed by atoms with van der Waals surface area (Å²) in [6, 6.07) is 10.8. The molecule has 28 heavy (non-hydrogen) atoms. The van der Waals surface area contributed by atoms with Crippen molar-refractivity contribution in [1.82, 2.24) is 9.88 Å². The molecule has 4 rings (SSSR count). The van der Waals surface area contributed by atoms with Gasteiger partial charge in [-0.3, -0.25) is 4.79 Å². The lowest BCUT2D eigenvalue weighted by molar-refractivity contribution is -0.149. The molecule has 3 aromatic rings. The molecule has 1 aliphatic rings. The van der Waals surface area contributed by atoms with E-state index in [-0.39, 0.29) is 18.3 Å². The van der Waals surface area contributed by atoms with Crippen LogP contribution in [0.2, 0.25) is 0 Å². The number of nitrogens with zero attached hydrogens (tertiary/aromatic N) is 2. The molecule has 1 aliphatic heterocycles. The van der Waals surface area contributed by atoms with E-state index >= 15 is 0 Å². The Hall–Kier alpha value is -2.93. The molecule has 6 nitrogen and oxygen atoms in total. The van der Waals surface area contributed by atoms with Crippen LogP contribution in [0.5, 0.6) is 0 Å². The first-order chi connectivity index (χ1) is 13.6. The summed E-state index contributed by atoms with van der Waals surface area (Å²) in [5, 5.41) is 2.78. The topological polar surface area (TPSA) is 72.6 Å². The second-order valence-electron chi connectivity index (χ2n) is 6.75. The Kier molecular flexibility index (Phi) is 5.25. The zero-order valence-corrected chi connectivity index (χ0v) is 16.3. The fraction of sp³-hybridized carbons (Fsp3) is 0.286. The van der Waals surface area contributed by atoms with Crippen LogP contribution in [-0.4, -0.2) is 34.3 Å². The van der Waals surface area contributed by atoms with Crippen LogP contribution in [0.15, 0.2) is 52.5 Å². The van der Waals surface area contributed by atoms with E-state index < -0.39 is 12.0 Å². The Bertz CT molecular complexity index is 963. The van der Waals surface area contributed by atoms with Crippen LogP contribution >= 0.6 is 11.3 Å². The first kappa shape index (κ1) is 18.4. The molecule has 7 heteroatoms. The summed E-state index contributed by atoms with van der Waals surface area (Å²) in [4.78, 5) is 31.1. The summed E-state index contributed by atoms with van der Waals surface area (Å²) in [7, 11) is 0. The smallest absolute Gasteiger partial charge is 0.329 e. The second kappa shape index (κ2) is 7.98. The minimum Gasteiger partial charge on any atom is -0.459 e. The van der Waals surface area contributed by atoms with Gasteiger partial charge in [-0.1, -0.05) is 29.8 Å². The van der Waals surface area contributed by atoms with Gasteiger partial charge in [-0.2, -0.15) is 0 Å². The molecule has 0 aliphatic carbocycles. The van der Waals surface area contributed by atoms with E-state index in [9.17, 15) is 9.59 Å². The van der Waals surface area contributed by atoms with Gasteiger partial charge in [0.05, 0.1) is 12.0 Å². The lowest BCUT2D eigenvalue weighted by atomic mass is 10.2. The predicted molar refractivity (Wildman–Crippen MR) is 105 cm³/mol. The molecule has 1 amide bonds. The van der Waals surface area contributed by atoms with Crippen molar-refractivity contribution in [3.63, 3.8) is 0 Å². The van der Waals surface area contributed by atoms with Gasteiger partial charge in [0.1, 0.15) is 17.7 Å². The van der Waals surface area contributed by atoms with Crippen molar-refractivity contribution in [3.05, 3.63) is 65.1 Å². The summed E-state index contributed by atoms with van der Waals surface area (Å²) in [6.07, 6.45) is 2.81. The molecule has 1 aromatic carbocycles. The Morgan fingerprint density at radius 1 is 1.29 bits per heavy atom. The number of carbonyl (C=O) groups is 2. The average Bonchev–Trinajstić information content (AvgIpc) is 3.47. The molecule has 0 radical (unpaired) electrons. The number of hydrogen-bond donors (Lipinski definition) is 0. The highest BCUT2D eigenvalue weighted by Gasteiger charge is 2.36. The average molecular weight is 396 g/mol. The van der Waals surface area contributed by atoms with Gasteiger partial charge in [0.15, 0.2) is 5.76 Å². The third kappa shape index (κ3) is 3.84. The SMILES string of the molecule is Cc1ccc(-c2nc(COC(=O)C3CCCN3C(=O)c3ccco3)cs2)cc1. The fourth-order valence-corrected chi connectivity index (χ4v) is 4.05. The van der Waals surface area contributed by atoms with Gasteiger partial charge in [-0.05, 0) is 31.9 Å². The molecule has 1 saturated heterocycles. The quantitative estimate of drug-likeness (QED) is 0.608. The van der Waals surface area contributed by atoms with Crippen molar-refractivity contribution in [1.29, 1.82) is 0 Å². The van der Waals surface area contributed by atoms with E-state index in [1.54, 1.807) is 12.1 Å². The van der Waals surface area contributed by atoms with Crippen LogP contribution in [-0.2, 0) is 16.1 Å². The largest absolute Gasteiger partial charge is 0.459 e. The van der Waals surface area contributed by atoms with Crippen molar-refractivity contribution in [2.45, 2.75) is 32.4 Å². The summed E-state index contributed by atoms with van der Waals surface area (Å²) >= 11 is 1.52. The van der Waals surface area contributed by atoms with Crippen LogP contribution in [0.3, 0.4) is 0 Å². The highest BCUT2D eigenvalue weighted by molar-refractivity contribution is 7.13. The maximum atomic E-state index is 12.5. The highest BCUT2D eigenvalue weighted by Crippen LogP contribution is 2.25. The Balaban J connectivity index is 1.37. The van der Waals surface area contributed by atoms with Gasteiger partial charge in [-0.15, -0.1) is 11.3 Å². The van der Waals surface area contributed by atoms with Crippen LogP contribution in [0.25, 0.3) is 10.6 Å². The van der Waals surface area contributed by atoms with Crippen LogP contribution in [0, 0.1) is 6.92 Å². The zero-order valence-electron chi connectivity index (χ0n) is 15.5. The molecule has 1 fully saturated rings. The van der Waals surface area contributed by atoms with E-state index in [0.29, 0.717) is 18.7 Å². The van der Waals surface area contributed by atoms with Crippen molar-refractivity contribution < 1.29 is 18.7 Å². The van der Waals surface area contributed by atoms with E-state index in [0.717, 1.165) is 17.0 Å². The van der Waals surface area contributed by atoms with Crippen LogP contribution < -0.4 is 0 Å². The van der Waals surface area contributed by atoms with Crippen molar-refractivity contribution >= 4 is 23.2 Å². The van der Waals surface area contributed by atoms with Crippen molar-refractivity contribution in [2.75, 3.05) is 6.54 Å². The van der Waals surface area contributed by atoms with E-state index in [1.807, 2.05) is 36.6 Å². The number of thiazole rings is 1. The number of amides is 1. The van der Waals surface area contributed by atoms with Crippen molar-refractivity contribution in [2.24, 2.45) is 0 Å². The van der Waals surface area contributed by atoms with E-state index in [1.165, 1.54) is 28.1 Å². The summed E-state index contributed by atoms with van der Waals surface area (Å²) < 4.78 is 10.6. The van der Waals surface area contributed by atoms with E-state index in [4.69, 9.17) is 9.15 Å². The molecule has 144 valence electrons. The number of rotatable bonds is 5. The Morgan fingerprint density at radius 3 is 2.86 bits per heavy atom. The molecule has 1 atom stereocenters. The molecule has 1 unspecified atom stereocenters. The number of hydrogen-bond acceptors (Lipinski definition) is 6. The molecular formula is C21H20N2O4S. The van der Waals surface area contributed by atoms with Gasteiger partial charge in [0, 0.05) is 17.5 Å². The molecule has 0 bridgehead atoms. The lowest BCUT2D eigenvalue weighted by Gasteiger charge is -2.22. The molecular weight excluding hydrogens is 376 g/mol. The minimum atomic E-state index is -0.576. The second-order valence-corrected chi connectivity index (χ2v) is 7.61. The highest BCUT2D eigenvalue weighted by atomic mass is 32.1. The standard InChI is InChI=1S/C21H20N2O4S/c1-14-6-8-15(9-7-14)19-22-16(13-28-19)12-27-21(25)17-4-2-10-23(17)20(24)18-5-3-11-26-18/h3,5-9,11,13,17H,2,4,10,12H2,1H3. The van der Waals surface area contributed by atoms with Gasteiger partial charge >= 0.3 is 5.97 Å². The first-order valence-corrected chi connectivity index (χ1v) is 10.0. The number of carbonyl (C=O) groups excluding carboxylic acids is 2. The monoisotopic (exact) mass is 396 g/mol. The zero-order chi connectivity index (χ0) is 19.5. The number of esters is 1. The third-order valence-corrected chi connectivity index (χ3v) is 5.67. The molecule has 3 heterocycles. The number of likely N-dealkylation sites (tertiary alicyclic amines) is 1. The number of aryl methyl sites for hydroxylation is 1. The fourth-order valence-electron chi connectivity index (χ4n) is 3.24. The number of ether oxygens (including phenoxy) is 1. The Labute approximate surface area is 166 Å². The lowest BCUT2D eigenvalue weighted by Crippen LogP contribution is -2.41. The first-order valence-electron chi connectivity index (χ1n) is 9.14. The minimum absolute atomic E-state index is 0.0977. The maximum absolute atomic E-state index is 12.5. The van der Waals surface area contributed by atoms with Gasteiger partial charge in [-0.25, -0.2) is 9.78 Å². The predicted octanol–water partition coefficient (Wildman–Crippen LogP) is 4.06. The summed E-state index contributed by atoms with van der Waals surface area (Å²) in [5.74, 6) is -0.441.